The Morgan fingerprint density at radius 2 is 1.64 bits per heavy atom. The lowest BCUT2D eigenvalue weighted by molar-refractivity contribution is 0.0696. The summed E-state index contributed by atoms with van der Waals surface area (Å²) in [6.07, 6.45) is 6.89. The van der Waals surface area contributed by atoms with Gasteiger partial charge in [-0.3, -0.25) is 4.79 Å². The van der Waals surface area contributed by atoms with Crippen LogP contribution < -0.4 is 5.32 Å². The second-order valence-electron chi connectivity index (χ2n) is 6.26. The Bertz CT molecular complexity index is 755. The maximum absolute atomic E-state index is 12.3. The van der Waals surface area contributed by atoms with E-state index in [1.165, 1.54) is 43.9 Å². The lowest BCUT2D eigenvalue weighted by atomic mass is 10.0. The van der Waals surface area contributed by atoms with Crippen LogP contribution in [0.1, 0.15) is 66.2 Å². The van der Waals surface area contributed by atoms with Gasteiger partial charge in [-0.1, -0.05) is 39.0 Å². The molecule has 134 valence electrons. The Kier molecular flexibility index (Phi) is 6.81. The Labute approximate surface area is 147 Å². The number of amides is 1. The van der Waals surface area contributed by atoms with Crippen molar-refractivity contribution in [2.45, 2.75) is 45.4 Å². The van der Waals surface area contributed by atoms with Gasteiger partial charge in [-0.25, -0.2) is 4.79 Å². The molecule has 5 heteroatoms. The highest BCUT2D eigenvalue weighted by Crippen LogP contribution is 2.27. The van der Waals surface area contributed by atoms with Crippen LogP contribution in [0.4, 0.5) is 0 Å². The van der Waals surface area contributed by atoms with Gasteiger partial charge in [-0.05, 0) is 42.1 Å². The number of aromatic carboxylic acids is 1. The van der Waals surface area contributed by atoms with Gasteiger partial charge in [0.2, 0.25) is 0 Å². The quantitative estimate of drug-likeness (QED) is 0.591. The molecule has 0 radical (unpaired) electrons. The number of unbranched alkanes of at least 4 members (excludes halogenated alkanes) is 5. The molecule has 25 heavy (non-hydrogen) atoms. The number of carboxylic acid groups (broad SMARTS) is 1. The predicted octanol–water partition coefficient (Wildman–Crippen LogP) is 4.33. The summed E-state index contributed by atoms with van der Waals surface area (Å²) < 4.78 is 0. The molecule has 0 unspecified atom stereocenters. The molecule has 0 bridgehead atoms. The van der Waals surface area contributed by atoms with E-state index in [0.717, 1.165) is 12.8 Å². The molecule has 2 aromatic rings. The number of carbonyl (C=O) groups is 2. The van der Waals surface area contributed by atoms with Crippen LogP contribution in [0.15, 0.2) is 30.3 Å². The van der Waals surface area contributed by atoms with Crippen LogP contribution in [0.2, 0.25) is 0 Å². The zero-order valence-corrected chi connectivity index (χ0v) is 14.5. The molecule has 3 N–H and O–H groups in total. The summed E-state index contributed by atoms with van der Waals surface area (Å²) in [5.41, 5.74) is 0.454. The van der Waals surface area contributed by atoms with E-state index in [2.05, 4.69) is 12.2 Å². The van der Waals surface area contributed by atoms with Crippen molar-refractivity contribution in [2.24, 2.45) is 0 Å². The lowest BCUT2D eigenvalue weighted by Gasteiger charge is -2.08. The third kappa shape index (κ3) is 5.21. The molecule has 0 fully saturated rings. The maximum atomic E-state index is 12.3. The first-order valence-electron chi connectivity index (χ1n) is 8.81. The van der Waals surface area contributed by atoms with Crippen molar-refractivity contribution in [3.63, 3.8) is 0 Å². The number of carbonyl (C=O) groups excluding carboxylic acids is 1. The third-order valence-corrected chi connectivity index (χ3v) is 4.26. The predicted molar refractivity (Wildman–Crippen MR) is 98.3 cm³/mol. The molecule has 0 spiro atoms. The number of hydrogen-bond acceptors (Lipinski definition) is 3. The van der Waals surface area contributed by atoms with Crippen molar-refractivity contribution in [1.82, 2.24) is 5.32 Å². The summed E-state index contributed by atoms with van der Waals surface area (Å²) >= 11 is 0. The lowest BCUT2D eigenvalue weighted by Crippen LogP contribution is -2.24. The number of hydrogen-bond donors (Lipinski definition) is 3. The fourth-order valence-corrected chi connectivity index (χ4v) is 2.82. The van der Waals surface area contributed by atoms with E-state index in [9.17, 15) is 14.7 Å². The fraction of sp³-hybridized carbons (Fsp3) is 0.400. The van der Waals surface area contributed by atoms with E-state index >= 15 is 0 Å². The van der Waals surface area contributed by atoms with Crippen LogP contribution in [0.25, 0.3) is 10.8 Å². The van der Waals surface area contributed by atoms with Gasteiger partial charge in [0.15, 0.2) is 0 Å². The first-order valence-corrected chi connectivity index (χ1v) is 8.81. The number of aromatic hydroxyl groups is 1. The molecular formula is C20H25NO4. The summed E-state index contributed by atoms with van der Waals surface area (Å²) in [6.45, 7) is 2.78. The topological polar surface area (TPSA) is 86.6 Å². The molecule has 5 nitrogen and oxygen atoms in total. The van der Waals surface area contributed by atoms with Gasteiger partial charge in [0, 0.05) is 17.5 Å². The average molecular weight is 343 g/mol. The van der Waals surface area contributed by atoms with E-state index in [1.807, 2.05) is 0 Å². The highest BCUT2D eigenvalue weighted by atomic mass is 16.4. The van der Waals surface area contributed by atoms with E-state index in [0.29, 0.717) is 22.9 Å². The van der Waals surface area contributed by atoms with Crippen LogP contribution in [0.3, 0.4) is 0 Å². The number of phenolic OH excluding ortho intramolecular Hbond substituents is 1. The van der Waals surface area contributed by atoms with E-state index in [1.54, 1.807) is 12.1 Å². The van der Waals surface area contributed by atoms with Crippen LogP contribution in [-0.2, 0) is 0 Å². The van der Waals surface area contributed by atoms with E-state index < -0.39 is 5.97 Å². The summed E-state index contributed by atoms with van der Waals surface area (Å²) in [5.74, 6) is -1.33. The second-order valence-corrected chi connectivity index (χ2v) is 6.26. The number of phenols is 1. The number of rotatable bonds is 9. The molecule has 0 aliphatic heterocycles. The van der Waals surface area contributed by atoms with Gasteiger partial charge in [0.1, 0.15) is 5.75 Å². The monoisotopic (exact) mass is 343 g/mol. The molecule has 0 saturated carbocycles. The first-order chi connectivity index (χ1) is 12.0. The highest BCUT2D eigenvalue weighted by molar-refractivity contribution is 6.02. The molecular weight excluding hydrogens is 318 g/mol. The SMILES string of the molecule is CCCCCCCCNC(=O)c1cc(O)c2ccc(C(=O)O)cc2c1. The minimum atomic E-state index is -1.04. The Morgan fingerprint density at radius 1 is 0.960 bits per heavy atom. The highest BCUT2D eigenvalue weighted by Gasteiger charge is 2.11. The third-order valence-electron chi connectivity index (χ3n) is 4.26. The number of fused-ring (bicyclic) bond motifs is 1. The normalized spacial score (nSPS) is 10.8. The molecule has 0 aliphatic rings. The molecule has 0 saturated heterocycles. The first kappa shape index (κ1) is 18.8. The molecule has 0 aliphatic carbocycles. The second kappa shape index (κ2) is 9.06. The van der Waals surface area contributed by atoms with Crippen molar-refractivity contribution in [1.29, 1.82) is 0 Å². The number of benzene rings is 2. The Hall–Kier alpha value is -2.56. The van der Waals surface area contributed by atoms with Crippen LogP contribution in [-0.4, -0.2) is 28.6 Å². The minimum absolute atomic E-state index is 0.0286. The van der Waals surface area contributed by atoms with Gasteiger partial charge < -0.3 is 15.5 Å². The average Bonchev–Trinajstić information content (AvgIpc) is 2.60. The molecule has 0 heterocycles. The Balaban J connectivity index is 1.99. The molecule has 1 amide bonds. The van der Waals surface area contributed by atoms with Gasteiger partial charge in [-0.2, -0.15) is 0 Å². The van der Waals surface area contributed by atoms with Crippen molar-refractivity contribution in [3.05, 3.63) is 41.5 Å². The summed E-state index contributed by atoms with van der Waals surface area (Å²) in [4.78, 5) is 23.3. The fourth-order valence-electron chi connectivity index (χ4n) is 2.82. The van der Waals surface area contributed by atoms with Crippen LogP contribution >= 0.6 is 0 Å². The van der Waals surface area contributed by atoms with Gasteiger partial charge in [0.25, 0.3) is 5.91 Å². The Morgan fingerprint density at radius 3 is 2.36 bits per heavy atom. The standard InChI is InChI=1S/C20H25NO4/c1-2-3-4-5-6-7-10-21-19(23)16-12-15-11-14(20(24)25)8-9-17(15)18(22)13-16/h8-9,11-13,22H,2-7,10H2,1H3,(H,21,23)(H,24,25). The molecule has 0 aromatic heterocycles. The zero-order chi connectivity index (χ0) is 18.2. The largest absolute Gasteiger partial charge is 0.507 e. The van der Waals surface area contributed by atoms with Crippen molar-refractivity contribution in [2.75, 3.05) is 6.54 Å². The van der Waals surface area contributed by atoms with Gasteiger partial charge in [0.05, 0.1) is 5.56 Å². The molecule has 2 rings (SSSR count). The van der Waals surface area contributed by atoms with Gasteiger partial charge >= 0.3 is 5.97 Å². The summed E-state index contributed by atoms with van der Waals surface area (Å²) in [7, 11) is 0. The maximum Gasteiger partial charge on any atom is 0.335 e. The summed E-state index contributed by atoms with van der Waals surface area (Å²) in [6, 6.07) is 7.47. The van der Waals surface area contributed by atoms with E-state index in [4.69, 9.17) is 5.11 Å². The number of nitrogens with one attached hydrogen (secondary N) is 1. The van der Waals surface area contributed by atoms with Crippen molar-refractivity contribution >= 4 is 22.6 Å². The summed E-state index contributed by atoms with van der Waals surface area (Å²) in [5, 5.41) is 23.1. The van der Waals surface area contributed by atoms with Crippen LogP contribution in [0, 0.1) is 0 Å². The number of carboxylic acids is 1. The smallest absolute Gasteiger partial charge is 0.335 e. The van der Waals surface area contributed by atoms with Crippen molar-refractivity contribution < 1.29 is 19.8 Å². The van der Waals surface area contributed by atoms with Crippen LogP contribution in [0.5, 0.6) is 5.75 Å². The molecule has 0 atom stereocenters. The van der Waals surface area contributed by atoms with Crippen molar-refractivity contribution in [3.8, 4) is 5.75 Å². The molecule has 2 aromatic carbocycles. The van der Waals surface area contributed by atoms with Gasteiger partial charge in [-0.15, -0.1) is 0 Å². The van der Waals surface area contributed by atoms with E-state index in [-0.39, 0.29) is 17.2 Å². The zero-order valence-electron chi connectivity index (χ0n) is 14.5. The minimum Gasteiger partial charge on any atom is -0.507 e.